The number of rotatable bonds is 4. The van der Waals surface area contributed by atoms with Gasteiger partial charge in [0, 0.05) is 13.1 Å². The summed E-state index contributed by atoms with van der Waals surface area (Å²) in [6.45, 7) is 8.73. The third-order valence-electron chi connectivity index (χ3n) is 3.54. The summed E-state index contributed by atoms with van der Waals surface area (Å²) in [4.78, 5) is 0.339. The summed E-state index contributed by atoms with van der Waals surface area (Å²) in [5.41, 5.74) is 0.556. The van der Waals surface area contributed by atoms with Gasteiger partial charge < -0.3 is 4.74 Å². The molecule has 0 bridgehead atoms. The van der Waals surface area contributed by atoms with Crippen LogP contribution in [0.1, 0.15) is 18.9 Å². The number of nitrogens with zero attached hydrogens (tertiary/aromatic N) is 1. The van der Waals surface area contributed by atoms with E-state index in [0.29, 0.717) is 31.0 Å². The molecule has 20 heavy (non-hydrogen) atoms. The fraction of sp³-hybridized carbons (Fsp3) is 0.467. The lowest BCUT2D eigenvalue weighted by molar-refractivity contribution is -0.0745. The second-order valence-corrected chi connectivity index (χ2v) is 7.38. The number of ether oxygens (including phenoxy) is 1. The minimum atomic E-state index is -3.45. The van der Waals surface area contributed by atoms with Crippen molar-refractivity contribution in [2.45, 2.75) is 30.8 Å². The monoisotopic (exact) mass is 295 g/mol. The Labute approximate surface area is 121 Å². The van der Waals surface area contributed by atoms with E-state index in [0.717, 1.165) is 5.56 Å². The van der Waals surface area contributed by atoms with Crippen LogP contribution in [0.15, 0.2) is 41.8 Å². The Bertz CT molecular complexity index is 580. The van der Waals surface area contributed by atoms with Gasteiger partial charge in [-0.1, -0.05) is 23.8 Å². The van der Waals surface area contributed by atoms with E-state index in [2.05, 4.69) is 6.58 Å². The second kappa shape index (κ2) is 5.68. The van der Waals surface area contributed by atoms with Gasteiger partial charge in [-0.3, -0.25) is 0 Å². The number of aryl methyl sites for hydroxylation is 1. The molecule has 0 aliphatic carbocycles. The average Bonchev–Trinajstić information content (AvgIpc) is 2.39. The van der Waals surface area contributed by atoms with Crippen LogP contribution < -0.4 is 0 Å². The van der Waals surface area contributed by atoms with Gasteiger partial charge in [-0.2, -0.15) is 4.31 Å². The molecule has 0 radical (unpaired) electrons. The first-order valence-corrected chi connectivity index (χ1v) is 8.13. The van der Waals surface area contributed by atoms with Crippen molar-refractivity contribution < 1.29 is 13.2 Å². The van der Waals surface area contributed by atoms with Crippen molar-refractivity contribution in [3.8, 4) is 0 Å². The normalized spacial score (nSPS) is 24.5. The lowest BCUT2D eigenvalue weighted by Crippen LogP contribution is -2.51. The Morgan fingerprint density at radius 1 is 1.40 bits per heavy atom. The number of sulfonamides is 1. The first-order valence-electron chi connectivity index (χ1n) is 6.69. The van der Waals surface area contributed by atoms with Crippen LogP contribution in [-0.4, -0.2) is 38.0 Å². The predicted molar refractivity (Wildman–Crippen MR) is 79.1 cm³/mol. The molecule has 5 heteroatoms. The van der Waals surface area contributed by atoms with Crippen LogP contribution in [0.3, 0.4) is 0 Å². The number of hydrogen-bond acceptors (Lipinski definition) is 3. The highest BCUT2D eigenvalue weighted by atomic mass is 32.2. The van der Waals surface area contributed by atoms with Crippen LogP contribution in [0, 0.1) is 6.92 Å². The lowest BCUT2D eigenvalue weighted by atomic mass is 10.0. The molecule has 2 rings (SSSR count). The molecule has 1 aromatic rings. The Kier molecular flexibility index (Phi) is 4.32. The molecule has 0 spiro atoms. The highest BCUT2D eigenvalue weighted by molar-refractivity contribution is 7.89. The zero-order valence-corrected chi connectivity index (χ0v) is 12.8. The summed E-state index contributed by atoms with van der Waals surface area (Å²) < 4.78 is 32.5. The first-order chi connectivity index (χ1) is 9.37. The van der Waals surface area contributed by atoms with Crippen LogP contribution in [0.5, 0.6) is 0 Å². The largest absolute Gasteiger partial charge is 0.372 e. The van der Waals surface area contributed by atoms with Crippen molar-refractivity contribution in [3.63, 3.8) is 0 Å². The highest BCUT2D eigenvalue weighted by Gasteiger charge is 2.37. The third-order valence-corrected chi connectivity index (χ3v) is 5.40. The van der Waals surface area contributed by atoms with Crippen molar-refractivity contribution in [2.75, 3.05) is 19.7 Å². The number of hydrogen-bond donors (Lipinski definition) is 0. The molecule has 1 saturated heterocycles. The molecule has 1 heterocycles. The molecule has 1 atom stereocenters. The van der Waals surface area contributed by atoms with Gasteiger partial charge in [0.15, 0.2) is 0 Å². The summed E-state index contributed by atoms with van der Waals surface area (Å²) in [6.07, 6.45) is 2.40. The zero-order valence-electron chi connectivity index (χ0n) is 12.0. The molecule has 0 aromatic heterocycles. The maximum Gasteiger partial charge on any atom is 0.243 e. The molecule has 1 unspecified atom stereocenters. The number of benzene rings is 1. The highest BCUT2D eigenvalue weighted by Crippen LogP contribution is 2.26. The van der Waals surface area contributed by atoms with Gasteiger partial charge in [0.25, 0.3) is 0 Å². The third kappa shape index (κ3) is 3.11. The van der Waals surface area contributed by atoms with Gasteiger partial charge in [0.05, 0.1) is 17.1 Å². The minimum Gasteiger partial charge on any atom is -0.372 e. The van der Waals surface area contributed by atoms with E-state index in [1.807, 2.05) is 26.0 Å². The predicted octanol–water partition coefficient (Wildman–Crippen LogP) is 2.35. The van der Waals surface area contributed by atoms with Crippen molar-refractivity contribution in [1.29, 1.82) is 0 Å². The Balaban J connectivity index is 2.25. The average molecular weight is 295 g/mol. The van der Waals surface area contributed by atoms with Crippen LogP contribution in [-0.2, 0) is 14.8 Å². The summed E-state index contributed by atoms with van der Waals surface area (Å²) in [6, 6.07) is 6.95. The molecular weight excluding hydrogens is 274 g/mol. The molecule has 0 amide bonds. The topological polar surface area (TPSA) is 46.6 Å². The Morgan fingerprint density at radius 3 is 2.65 bits per heavy atom. The molecular formula is C15H21NO3S. The van der Waals surface area contributed by atoms with Crippen LogP contribution in [0.2, 0.25) is 0 Å². The van der Waals surface area contributed by atoms with E-state index in [9.17, 15) is 8.42 Å². The zero-order chi connectivity index (χ0) is 14.8. The van der Waals surface area contributed by atoms with Gasteiger partial charge in [0.1, 0.15) is 0 Å². The first kappa shape index (κ1) is 15.2. The molecule has 1 aliphatic heterocycles. The molecule has 1 fully saturated rings. The molecule has 4 nitrogen and oxygen atoms in total. The summed E-state index contributed by atoms with van der Waals surface area (Å²) >= 11 is 0. The Morgan fingerprint density at radius 2 is 2.05 bits per heavy atom. The quantitative estimate of drug-likeness (QED) is 0.801. The minimum absolute atomic E-state index is 0.339. The Hall–Kier alpha value is -1.17. The van der Waals surface area contributed by atoms with E-state index in [1.165, 1.54) is 4.31 Å². The fourth-order valence-corrected chi connectivity index (χ4v) is 3.92. The van der Waals surface area contributed by atoms with Crippen molar-refractivity contribution >= 4 is 10.0 Å². The lowest BCUT2D eigenvalue weighted by Gasteiger charge is -2.39. The molecule has 0 N–H and O–H groups in total. The van der Waals surface area contributed by atoms with Crippen LogP contribution >= 0.6 is 0 Å². The summed E-state index contributed by atoms with van der Waals surface area (Å²) in [7, 11) is -3.45. The van der Waals surface area contributed by atoms with Gasteiger partial charge in [-0.05, 0) is 32.4 Å². The van der Waals surface area contributed by atoms with Crippen molar-refractivity contribution in [1.82, 2.24) is 4.31 Å². The van der Waals surface area contributed by atoms with Gasteiger partial charge >= 0.3 is 0 Å². The van der Waals surface area contributed by atoms with Crippen molar-refractivity contribution in [2.24, 2.45) is 0 Å². The van der Waals surface area contributed by atoms with E-state index < -0.39 is 15.6 Å². The van der Waals surface area contributed by atoms with Gasteiger partial charge in [0.2, 0.25) is 10.0 Å². The van der Waals surface area contributed by atoms with E-state index in [4.69, 9.17) is 4.74 Å². The van der Waals surface area contributed by atoms with E-state index >= 15 is 0 Å². The smallest absolute Gasteiger partial charge is 0.243 e. The molecule has 1 aliphatic rings. The molecule has 0 saturated carbocycles. The SMILES string of the molecule is C=CCC1(C)CN(S(=O)(=O)c2ccc(C)cc2)CCO1. The molecule has 1 aromatic carbocycles. The summed E-state index contributed by atoms with van der Waals surface area (Å²) in [5.74, 6) is 0. The fourth-order valence-electron chi connectivity index (χ4n) is 2.38. The maximum absolute atomic E-state index is 12.6. The van der Waals surface area contributed by atoms with Crippen LogP contribution in [0.4, 0.5) is 0 Å². The standard InChI is InChI=1S/C15H21NO3S/c1-4-9-15(3)12-16(10-11-19-15)20(17,18)14-7-5-13(2)6-8-14/h4-8H,1,9-12H2,2-3H3. The number of morpholine rings is 1. The van der Waals surface area contributed by atoms with Crippen LogP contribution in [0.25, 0.3) is 0 Å². The molecule has 110 valence electrons. The second-order valence-electron chi connectivity index (χ2n) is 5.44. The van der Waals surface area contributed by atoms with E-state index in [1.54, 1.807) is 18.2 Å². The maximum atomic E-state index is 12.6. The van der Waals surface area contributed by atoms with Crippen molar-refractivity contribution in [3.05, 3.63) is 42.5 Å². The van der Waals surface area contributed by atoms with Gasteiger partial charge in [-0.15, -0.1) is 6.58 Å². The van der Waals surface area contributed by atoms with E-state index in [-0.39, 0.29) is 0 Å². The van der Waals surface area contributed by atoms with Gasteiger partial charge in [-0.25, -0.2) is 8.42 Å². The summed E-state index contributed by atoms with van der Waals surface area (Å²) in [5, 5.41) is 0.